The summed E-state index contributed by atoms with van der Waals surface area (Å²) in [7, 11) is 0. The molecule has 1 rings (SSSR count). The first kappa shape index (κ1) is 14.8. The molecule has 0 aromatic heterocycles. The van der Waals surface area contributed by atoms with Gasteiger partial charge in [-0.25, -0.2) is 4.39 Å². The van der Waals surface area contributed by atoms with Crippen LogP contribution in [-0.2, 0) is 0 Å². The number of hydrogen-bond acceptors (Lipinski definition) is 2. The molecular formula is C10H14BrClFNO. The van der Waals surface area contributed by atoms with Crippen molar-refractivity contribution in [1.29, 1.82) is 0 Å². The number of aliphatic hydroxyl groups excluding tert-OH is 1. The van der Waals surface area contributed by atoms with Crippen LogP contribution in [0.5, 0.6) is 0 Å². The lowest BCUT2D eigenvalue weighted by atomic mass is 10.0. The Morgan fingerprint density at radius 3 is 2.67 bits per heavy atom. The smallest absolute Gasteiger partial charge is 0.137 e. The molecule has 1 aromatic rings. The van der Waals surface area contributed by atoms with Crippen LogP contribution in [-0.4, -0.2) is 11.7 Å². The molecule has 0 heterocycles. The predicted molar refractivity (Wildman–Crippen MR) is 64.6 cm³/mol. The van der Waals surface area contributed by atoms with Crippen molar-refractivity contribution in [2.75, 3.05) is 6.61 Å². The van der Waals surface area contributed by atoms with E-state index >= 15 is 0 Å². The molecule has 0 amide bonds. The van der Waals surface area contributed by atoms with Crippen molar-refractivity contribution in [2.24, 2.45) is 5.73 Å². The fourth-order valence-corrected chi connectivity index (χ4v) is 1.47. The van der Waals surface area contributed by atoms with Crippen molar-refractivity contribution in [2.45, 2.75) is 18.9 Å². The molecule has 1 aromatic carbocycles. The number of rotatable bonds is 4. The molecule has 2 nitrogen and oxygen atoms in total. The molecule has 0 aliphatic rings. The summed E-state index contributed by atoms with van der Waals surface area (Å²) >= 11 is 3.08. The van der Waals surface area contributed by atoms with E-state index in [-0.39, 0.29) is 30.9 Å². The number of aliphatic hydroxyl groups is 1. The normalized spacial score (nSPS) is 12.0. The molecule has 1 atom stereocenters. The van der Waals surface area contributed by atoms with Crippen molar-refractivity contribution in [3.05, 3.63) is 34.1 Å². The van der Waals surface area contributed by atoms with Gasteiger partial charge in [-0.3, -0.25) is 0 Å². The quantitative estimate of drug-likeness (QED) is 0.898. The van der Waals surface area contributed by atoms with E-state index in [1.807, 2.05) is 0 Å². The topological polar surface area (TPSA) is 46.2 Å². The zero-order valence-corrected chi connectivity index (χ0v) is 10.5. The lowest BCUT2D eigenvalue weighted by Gasteiger charge is -2.11. The van der Waals surface area contributed by atoms with Gasteiger partial charge in [0.25, 0.3) is 0 Å². The third-order valence-electron chi connectivity index (χ3n) is 2.05. The SMILES string of the molecule is Cl.N[C@H](CCCO)c1ccc(Br)c(F)c1. The van der Waals surface area contributed by atoms with Gasteiger partial charge in [0.15, 0.2) is 0 Å². The summed E-state index contributed by atoms with van der Waals surface area (Å²) in [5.74, 6) is -0.304. The van der Waals surface area contributed by atoms with E-state index in [4.69, 9.17) is 10.8 Å². The van der Waals surface area contributed by atoms with E-state index in [2.05, 4.69) is 15.9 Å². The summed E-state index contributed by atoms with van der Waals surface area (Å²) in [6.07, 6.45) is 1.30. The summed E-state index contributed by atoms with van der Waals surface area (Å²) in [5, 5.41) is 8.62. The second kappa shape index (κ2) is 7.17. The van der Waals surface area contributed by atoms with E-state index in [0.29, 0.717) is 17.3 Å². The molecule has 0 aliphatic carbocycles. The zero-order valence-electron chi connectivity index (χ0n) is 8.12. The predicted octanol–water partition coefficient (Wildman–Crippen LogP) is 2.78. The fraction of sp³-hybridized carbons (Fsp3) is 0.400. The molecule has 0 spiro atoms. The molecule has 5 heteroatoms. The van der Waals surface area contributed by atoms with Crippen molar-refractivity contribution in [1.82, 2.24) is 0 Å². The Balaban J connectivity index is 0.00000196. The minimum atomic E-state index is -0.304. The van der Waals surface area contributed by atoms with E-state index in [9.17, 15) is 4.39 Å². The number of benzene rings is 1. The van der Waals surface area contributed by atoms with E-state index in [1.165, 1.54) is 6.07 Å². The highest BCUT2D eigenvalue weighted by molar-refractivity contribution is 9.10. The van der Waals surface area contributed by atoms with Gasteiger partial charge in [-0.1, -0.05) is 6.07 Å². The van der Waals surface area contributed by atoms with Gasteiger partial charge in [0.1, 0.15) is 5.82 Å². The van der Waals surface area contributed by atoms with Gasteiger partial charge in [0.05, 0.1) is 4.47 Å². The molecule has 3 N–H and O–H groups in total. The second-order valence-electron chi connectivity index (χ2n) is 3.15. The Kier molecular flexibility index (Phi) is 7.09. The summed E-state index contributed by atoms with van der Waals surface area (Å²) in [6, 6.07) is 4.65. The van der Waals surface area contributed by atoms with Crippen LogP contribution < -0.4 is 5.73 Å². The zero-order chi connectivity index (χ0) is 10.6. The summed E-state index contributed by atoms with van der Waals surface area (Å²) in [5.41, 5.74) is 6.57. The number of nitrogens with two attached hydrogens (primary N) is 1. The van der Waals surface area contributed by atoms with Crippen LogP contribution in [0.2, 0.25) is 0 Å². The lowest BCUT2D eigenvalue weighted by Crippen LogP contribution is -2.11. The average molecular weight is 299 g/mol. The molecule has 0 saturated carbocycles. The van der Waals surface area contributed by atoms with Gasteiger partial charge < -0.3 is 10.8 Å². The maximum Gasteiger partial charge on any atom is 0.137 e. The van der Waals surface area contributed by atoms with Crippen LogP contribution in [0.15, 0.2) is 22.7 Å². The highest BCUT2D eigenvalue weighted by Gasteiger charge is 2.07. The molecule has 0 unspecified atom stereocenters. The monoisotopic (exact) mass is 297 g/mol. The Labute approximate surface area is 103 Å². The van der Waals surface area contributed by atoms with Crippen LogP contribution in [0.3, 0.4) is 0 Å². The van der Waals surface area contributed by atoms with Crippen molar-refractivity contribution >= 4 is 28.3 Å². The van der Waals surface area contributed by atoms with Crippen LogP contribution in [0.25, 0.3) is 0 Å². The maximum absolute atomic E-state index is 13.1. The third kappa shape index (κ3) is 4.47. The van der Waals surface area contributed by atoms with Gasteiger partial charge in [-0.2, -0.15) is 0 Å². The first-order valence-electron chi connectivity index (χ1n) is 4.46. The maximum atomic E-state index is 13.1. The van der Waals surface area contributed by atoms with Crippen molar-refractivity contribution in [3.63, 3.8) is 0 Å². The van der Waals surface area contributed by atoms with E-state index < -0.39 is 0 Å². The summed E-state index contributed by atoms with van der Waals surface area (Å²) in [6.45, 7) is 0.118. The molecule has 0 bridgehead atoms. The average Bonchev–Trinajstić information content (AvgIpc) is 2.18. The van der Waals surface area contributed by atoms with Crippen LogP contribution in [0, 0.1) is 5.82 Å². The van der Waals surface area contributed by atoms with E-state index in [0.717, 1.165) is 5.56 Å². The standard InChI is InChI=1S/C10H13BrFNO.ClH/c11-8-4-3-7(6-9(8)12)10(13)2-1-5-14;/h3-4,6,10,14H,1-2,5,13H2;1H/t10-;/m1./s1. The first-order valence-corrected chi connectivity index (χ1v) is 5.26. The molecule has 0 aliphatic heterocycles. The molecule has 15 heavy (non-hydrogen) atoms. The van der Waals surface area contributed by atoms with Crippen molar-refractivity contribution < 1.29 is 9.50 Å². The minimum Gasteiger partial charge on any atom is -0.396 e. The summed E-state index contributed by atoms with van der Waals surface area (Å²) in [4.78, 5) is 0. The van der Waals surface area contributed by atoms with Gasteiger partial charge in [-0.05, 0) is 46.5 Å². The van der Waals surface area contributed by atoms with Gasteiger partial charge >= 0.3 is 0 Å². The lowest BCUT2D eigenvalue weighted by molar-refractivity contribution is 0.280. The molecule has 0 radical (unpaired) electrons. The summed E-state index contributed by atoms with van der Waals surface area (Å²) < 4.78 is 13.6. The fourth-order valence-electron chi connectivity index (χ4n) is 1.22. The second-order valence-corrected chi connectivity index (χ2v) is 4.00. The van der Waals surface area contributed by atoms with Gasteiger partial charge in [0.2, 0.25) is 0 Å². The highest BCUT2D eigenvalue weighted by Crippen LogP contribution is 2.21. The van der Waals surface area contributed by atoms with Gasteiger partial charge in [-0.15, -0.1) is 12.4 Å². The van der Waals surface area contributed by atoms with Crippen molar-refractivity contribution in [3.8, 4) is 0 Å². The Morgan fingerprint density at radius 1 is 1.47 bits per heavy atom. The highest BCUT2D eigenvalue weighted by atomic mass is 79.9. The Hall–Kier alpha value is -0.160. The largest absolute Gasteiger partial charge is 0.396 e. The molecule has 0 saturated heterocycles. The van der Waals surface area contributed by atoms with E-state index in [1.54, 1.807) is 12.1 Å². The van der Waals surface area contributed by atoms with Crippen LogP contribution in [0.1, 0.15) is 24.4 Å². The molecule has 86 valence electrons. The third-order valence-corrected chi connectivity index (χ3v) is 2.69. The Morgan fingerprint density at radius 2 is 2.13 bits per heavy atom. The van der Waals surface area contributed by atoms with Gasteiger partial charge in [0, 0.05) is 12.6 Å². The number of halogens is 3. The van der Waals surface area contributed by atoms with Crippen LogP contribution in [0.4, 0.5) is 4.39 Å². The minimum absolute atomic E-state index is 0. The molecular weight excluding hydrogens is 284 g/mol. The number of hydrogen-bond donors (Lipinski definition) is 2. The Bertz CT molecular complexity index is 311. The molecule has 0 fully saturated rings. The first-order chi connectivity index (χ1) is 6.65. The van der Waals surface area contributed by atoms with Crippen LogP contribution >= 0.6 is 28.3 Å².